The Balaban J connectivity index is 2.24. The largest absolute Gasteiger partial charge is 0.459 e. The molecule has 6 nitrogen and oxygen atoms in total. The zero-order valence-corrected chi connectivity index (χ0v) is 21.3. The highest BCUT2D eigenvalue weighted by Gasteiger charge is 2.54. The van der Waals surface area contributed by atoms with Crippen molar-refractivity contribution in [3.63, 3.8) is 0 Å². The Bertz CT molecular complexity index is 781. The first-order valence-electron chi connectivity index (χ1n) is 10.7. The molecule has 2 rings (SSSR count). The molecule has 0 aliphatic carbocycles. The Morgan fingerprint density at radius 2 is 1.68 bits per heavy atom. The van der Waals surface area contributed by atoms with E-state index in [0.717, 1.165) is 5.56 Å². The number of esters is 1. The number of hydrogen-bond acceptors (Lipinski definition) is 5. The van der Waals surface area contributed by atoms with E-state index >= 15 is 0 Å². The fraction of sp³-hybridized carbons (Fsp3) is 0.667. The van der Waals surface area contributed by atoms with Gasteiger partial charge in [0.1, 0.15) is 17.7 Å². The summed E-state index contributed by atoms with van der Waals surface area (Å²) in [7, 11) is -1.43. The van der Waals surface area contributed by atoms with Crippen LogP contribution in [0, 0.1) is 0 Å². The first-order valence-corrected chi connectivity index (χ1v) is 13.1. The first-order chi connectivity index (χ1) is 14.1. The minimum Gasteiger partial charge on any atom is -0.459 e. The second-order valence-electron chi connectivity index (χ2n) is 10.7. The Labute approximate surface area is 189 Å². The fourth-order valence-electron chi connectivity index (χ4n) is 3.24. The van der Waals surface area contributed by atoms with Gasteiger partial charge >= 0.3 is 12.1 Å². The number of ether oxygens (including phenoxy) is 2. The molecule has 1 aliphatic heterocycles. The van der Waals surface area contributed by atoms with E-state index in [1.807, 2.05) is 51.1 Å². The van der Waals surface area contributed by atoms with Crippen LogP contribution in [-0.4, -0.2) is 58.0 Å². The third-order valence-corrected chi connectivity index (χ3v) is 9.43. The predicted molar refractivity (Wildman–Crippen MR) is 126 cm³/mol. The van der Waals surface area contributed by atoms with Crippen molar-refractivity contribution in [2.24, 2.45) is 0 Å². The van der Waals surface area contributed by atoms with Gasteiger partial charge in [-0.05, 0) is 45.8 Å². The SMILES string of the molecule is CC(C)(C)OC(=O)N1C[C@@H](OS(C)(C)C(C)(C)C)CC1(C)C(=O)OCc1ccccc1. The van der Waals surface area contributed by atoms with Crippen molar-refractivity contribution in [1.29, 1.82) is 0 Å². The quantitative estimate of drug-likeness (QED) is 0.567. The summed E-state index contributed by atoms with van der Waals surface area (Å²) in [6.07, 6.45) is 3.81. The third-order valence-electron chi connectivity index (χ3n) is 5.72. The molecule has 1 amide bonds. The molecule has 1 unspecified atom stereocenters. The van der Waals surface area contributed by atoms with Crippen molar-refractivity contribution in [3.8, 4) is 0 Å². The molecule has 2 atom stereocenters. The Hall–Kier alpha value is -1.73. The average molecular weight is 454 g/mol. The van der Waals surface area contributed by atoms with Crippen LogP contribution < -0.4 is 0 Å². The van der Waals surface area contributed by atoms with E-state index in [1.165, 1.54) is 4.90 Å². The monoisotopic (exact) mass is 453 g/mol. The molecular formula is C24H39NO5S. The summed E-state index contributed by atoms with van der Waals surface area (Å²) in [6, 6.07) is 9.51. The summed E-state index contributed by atoms with van der Waals surface area (Å²) < 4.78 is 17.7. The van der Waals surface area contributed by atoms with Gasteiger partial charge < -0.3 is 13.7 Å². The molecule has 0 radical (unpaired) electrons. The molecule has 1 aromatic rings. The molecule has 0 saturated carbocycles. The van der Waals surface area contributed by atoms with Crippen LogP contribution in [-0.2, 0) is 25.1 Å². The predicted octanol–water partition coefficient (Wildman–Crippen LogP) is 5.29. The zero-order valence-electron chi connectivity index (χ0n) is 20.5. The summed E-state index contributed by atoms with van der Waals surface area (Å²) in [4.78, 5) is 27.7. The maximum Gasteiger partial charge on any atom is 0.411 e. The van der Waals surface area contributed by atoms with Gasteiger partial charge in [-0.2, -0.15) is 0 Å². The van der Waals surface area contributed by atoms with Crippen LogP contribution in [0.4, 0.5) is 4.79 Å². The van der Waals surface area contributed by atoms with Crippen molar-refractivity contribution < 1.29 is 23.2 Å². The molecule has 0 N–H and O–H groups in total. The molecule has 176 valence electrons. The van der Waals surface area contributed by atoms with Crippen molar-refractivity contribution >= 4 is 22.4 Å². The van der Waals surface area contributed by atoms with E-state index in [9.17, 15) is 9.59 Å². The van der Waals surface area contributed by atoms with Crippen LogP contribution >= 0.6 is 10.3 Å². The summed E-state index contributed by atoms with van der Waals surface area (Å²) >= 11 is 0. The standard InChI is InChI=1S/C24H39NO5S/c1-22(2,3)29-21(27)25-16-19(30-31(8,9)23(4,5)6)15-24(25,7)20(26)28-17-18-13-11-10-12-14-18/h10-14,19H,15-17H2,1-9H3/t19-,24?/m0/s1. The Morgan fingerprint density at radius 1 is 1.10 bits per heavy atom. The summed E-state index contributed by atoms with van der Waals surface area (Å²) in [5.74, 6) is -0.447. The van der Waals surface area contributed by atoms with Gasteiger partial charge in [-0.3, -0.25) is 4.90 Å². The Morgan fingerprint density at radius 3 is 2.19 bits per heavy atom. The molecule has 1 aromatic carbocycles. The van der Waals surface area contributed by atoms with Gasteiger partial charge in [0, 0.05) is 11.2 Å². The van der Waals surface area contributed by atoms with E-state index in [2.05, 4.69) is 33.3 Å². The van der Waals surface area contributed by atoms with Gasteiger partial charge in [0.15, 0.2) is 0 Å². The number of benzene rings is 1. The van der Waals surface area contributed by atoms with Crippen LogP contribution in [0.25, 0.3) is 0 Å². The number of nitrogens with zero attached hydrogens (tertiary/aromatic N) is 1. The van der Waals surface area contributed by atoms with Gasteiger partial charge in [0.05, 0.1) is 12.6 Å². The highest BCUT2D eigenvalue weighted by atomic mass is 32.3. The third kappa shape index (κ3) is 6.39. The number of rotatable bonds is 5. The topological polar surface area (TPSA) is 65.1 Å². The van der Waals surface area contributed by atoms with E-state index in [4.69, 9.17) is 13.7 Å². The summed E-state index contributed by atoms with van der Waals surface area (Å²) in [5, 5.41) is 0. The number of amides is 1. The van der Waals surface area contributed by atoms with Crippen molar-refractivity contribution in [2.75, 3.05) is 19.1 Å². The van der Waals surface area contributed by atoms with E-state index in [1.54, 1.807) is 6.92 Å². The van der Waals surface area contributed by atoms with E-state index in [-0.39, 0.29) is 17.5 Å². The molecule has 0 bridgehead atoms. The molecule has 1 heterocycles. The van der Waals surface area contributed by atoms with Gasteiger partial charge in [0.2, 0.25) is 0 Å². The summed E-state index contributed by atoms with van der Waals surface area (Å²) in [6.45, 7) is 14.1. The van der Waals surface area contributed by atoms with Gasteiger partial charge in [-0.15, -0.1) is 10.3 Å². The van der Waals surface area contributed by atoms with Crippen LogP contribution in [0.3, 0.4) is 0 Å². The highest BCUT2D eigenvalue weighted by Crippen LogP contribution is 2.56. The fourth-order valence-corrected chi connectivity index (χ4v) is 4.34. The maximum atomic E-state index is 13.2. The number of carbonyl (C=O) groups is 2. The minimum absolute atomic E-state index is 0.0312. The molecule has 31 heavy (non-hydrogen) atoms. The lowest BCUT2D eigenvalue weighted by Gasteiger charge is -2.45. The normalized spacial score (nSPS) is 22.9. The average Bonchev–Trinajstić information content (AvgIpc) is 2.95. The first kappa shape index (κ1) is 25.5. The van der Waals surface area contributed by atoms with Gasteiger partial charge in [-0.25, -0.2) is 9.59 Å². The van der Waals surface area contributed by atoms with Crippen LogP contribution in [0.5, 0.6) is 0 Å². The van der Waals surface area contributed by atoms with Gasteiger partial charge in [0.25, 0.3) is 0 Å². The van der Waals surface area contributed by atoms with Crippen LogP contribution in [0.15, 0.2) is 30.3 Å². The molecule has 1 saturated heterocycles. The Kier molecular flexibility index (Phi) is 7.43. The second kappa shape index (κ2) is 9.02. The molecule has 0 aromatic heterocycles. The lowest BCUT2D eigenvalue weighted by molar-refractivity contribution is -0.156. The van der Waals surface area contributed by atoms with Gasteiger partial charge in [-0.1, -0.05) is 51.1 Å². The molecule has 0 spiro atoms. The highest BCUT2D eigenvalue weighted by molar-refractivity contribution is 8.29. The van der Waals surface area contributed by atoms with E-state index < -0.39 is 33.5 Å². The summed E-state index contributed by atoms with van der Waals surface area (Å²) in [5.41, 5.74) is -0.928. The van der Waals surface area contributed by atoms with E-state index in [0.29, 0.717) is 13.0 Å². The number of carbonyl (C=O) groups excluding carboxylic acids is 2. The smallest absolute Gasteiger partial charge is 0.411 e. The molecule has 1 fully saturated rings. The van der Waals surface area contributed by atoms with Crippen molar-refractivity contribution in [1.82, 2.24) is 4.90 Å². The minimum atomic E-state index is -1.43. The zero-order chi connectivity index (χ0) is 23.7. The van der Waals surface area contributed by atoms with Crippen molar-refractivity contribution in [2.45, 2.75) is 83.5 Å². The lowest BCUT2D eigenvalue weighted by atomic mass is 9.98. The van der Waals surface area contributed by atoms with Crippen molar-refractivity contribution in [3.05, 3.63) is 35.9 Å². The molecule has 1 aliphatic rings. The molecule has 7 heteroatoms. The number of hydrogen-bond donors (Lipinski definition) is 0. The lowest BCUT2D eigenvalue weighted by Crippen LogP contribution is -2.52. The van der Waals surface area contributed by atoms with Crippen LogP contribution in [0.1, 0.15) is 60.5 Å². The molecular weight excluding hydrogens is 414 g/mol. The number of likely N-dealkylation sites (tertiary alicyclic amines) is 1. The maximum absolute atomic E-state index is 13.2. The second-order valence-corrected chi connectivity index (χ2v) is 14.6. The van der Waals surface area contributed by atoms with Crippen LogP contribution in [0.2, 0.25) is 0 Å².